The first-order chi connectivity index (χ1) is 15.7. The summed E-state index contributed by atoms with van der Waals surface area (Å²) < 4.78 is 28.6. The monoisotopic (exact) mass is 474 g/mol. The van der Waals surface area contributed by atoms with Crippen molar-refractivity contribution in [2.75, 3.05) is 13.2 Å². The number of imidazole rings is 1. The van der Waals surface area contributed by atoms with Crippen LogP contribution in [0.5, 0.6) is 5.75 Å². The average Bonchev–Trinajstić information content (AvgIpc) is 3.05. The van der Waals surface area contributed by atoms with Crippen molar-refractivity contribution >= 4 is 11.6 Å². The smallest absolute Gasteiger partial charge is 0.296 e. The highest BCUT2D eigenvalue weighted by Crippen LogP contribution is 2.33. The van der Waals surface area contributed by atoms with Gasteiger partial charge in [0.25, 0.3) is 5.56 Å². The summed E-state index contributed by atoms with van der Waals surface area (Å²) in [4.78, 5) is 22.8. The maximum Gasteiger partial charge on any atom is 0.296 e. The Morgan fingerprint density at radius 3 is 2.67 bits per heavy atom. The lowest BCUT2D eigenvalue weighted by Gasteiger charge is -2.33. The fraction of sp³-hybridized carbons (Fsp3) is 0.458. The first kappa shape index (κ1) is 23.4. The van der Waals surface area contributed by atoms with E-state index in [0.717, 1.165) is 24.1 Å². The molecule has 0 spiro atoms. The summed E-state index contributed by atoms with van der Waals surface area (Å²) in [6.07, 6.45) is 2.20. The largest absolute Gasteiger partial charge is 0.486 e. The van der Waals surface area contributed by atoms with E-state index >= 15 is 0 Å². The van der Waals surface area contributed by atoms with Crippen molar-refractivity contribution in [3.05, 3.63) is 62.7 Å². The van der Waals surface area contributed by atoms with Crippen LogP contribution in [0.2, 0.25) is 5.15 Å². The van der Waals surface area contributed by atoms with Crippen molar-refractivity contribution in [3.63, 3.8) is 0 Å². The minimum absolute atomic E-state index is 0.169. The molecular formula is C24H28ClFN4O3. The first-order valence-corrected chi connectivity index (χ1v) is 11.5. The fourth-order valence-corrected chi connectivity index (χ4v) is 4.23. The van der Waals surface area contributed by atoms with E-state index in [4.69, 9.17) is 26.1 Å². The van der Waals surface area contributed by atoms with E-state index in [1.54, 1.807) is 16.7 Å². The maximum absolute atomic E-state index is 13.5. The van der Waals surface area contributed by atoms with E-state index in [-0.39, 0.29) is 17.1 Å². The van der Waals surface area contributed by atoms with Gasteiger partial charge in [-0.15, -0.1) is 0 Å². The molecule has 0 atom stereocenters. The van der Waals surface area contributed by atoms with Crippen LogP contribution >= 0.6 is 11.6 Å². The van der Waals surface area contributed by atoms with Gasteiger partial charge < -0.3 is 14.0 Å². The molecule has 0 unspecified atom stereocenters. The molecule has 1 aliphatic heterocycles. The Labute approximate surface area is 197 Å². The number of aromatic nitrogens is 4. The zero-order valence-electron chi connectivity index (χ0n) is 19.3. The van der Waals surface area contributed by atoms with Gasteiger partial charge in [0, 0.05) is 13.5 Å². The number of fused-ring (bicyclic) bond motifs is 1. The summed E-state index contributed by atoms with van der Waals surface area (Å²) in [6.45, 7) is 7.06. The predicted octanol–water partition coefficient (Wildman–Crippen LogP) is 4.47. The molecule has 176 valence electrons. The highest BCUT2D eigenvalue weighted by Gasteiger charge is 2.35. The topological polar surface area (TPSA) is 71.2 Å². The summed E-state index contributed by atoms with van der Waals surface area (Å²) >= 11 is 6.52. The quantitative estimate of drug-likeness (QED) is 0.472. The van der Waals surface area contributed by atoms with Gasteiger partial charge >= 0.3 is 0 Å². The van der Waals surface area contributed by atoms with Gasteiger partial charge in [0.05, 0.1) is 25.5 Å². The molecule has 0 amide bonds. The second-order valence-corrected chi connectivity index (χ2v) is 9.02. The van der Waals surface area contributed by atoms with Crippen molar-refractivity contribution in [1.29, 1.82) is 0 Å². The minimum atomic E-state index is -0.736. The number of hydrogen-bond donors (Lipinski definition) is 0. The van der Waals surface area contributed by atoms with Crippen LogP contribution in [-0.2, 0) is 30.4 Å². The molecule has 2 aromatic heterocycles. The van der Waals surface area contributed by atoms with Crippen molar-refractivity contribution in [2.24, 2.45) is 7.05 Å². The van der Waals surface area contributed by atoms with Gasteiger partial charge in [0.15, 0.2) is 16.7 Å². The lowest BCUT2D eigenvalue weighted by Crippen LogP contribution is -2.41. The molecule has 0 saturated heterocycles. The van der Waals surface area contributed by atoms with Crippen LogP contribution in [0, 0.1) is 5.82 Å². The molecule has 33 heavy (non-hydrogen) atoms. The molecule has 9 heteroatoms. The second-order valence-electron chi connectivity index (χ2n) is 8.67. The third-order valence-corrected chi connectivity index (χ3v) is 6.15. The van der Waals surface area contributed by atoms with Gasteiger partial charge in [-0.2, -0.15) is 0 Å². The van der Waals surface area contributed by atoms with Gasteiger partial charge in [0.2, 0.25) is 5.75 Å². The second kappa shape index (κ2) is 9.27. The molecule has 0 radical (unpaired) electrons. The van der Waals surface area contributed by atoms with Gasteiger partial charge in [-0.3, -0.25) is 9.36 Å². The number of rotatable bonds is 7. The number of halogens is 2. The Kier molecular flexibility index (Phi) is 6.59. The number of hydrogen-bond acceptors (Lipinski definition) is 5. The minimum Gasteiger partial charge on any atom is -0.486 e. The summed E-state index contributed by atoms with van der Waals surface area (Å²) in [5, 5.41) is 0.298. The summed E-state index contributed by atoms with van der Waals surface area (Å²) in [6, 6.07) is 6.24. The van der Waals surface area contributed by atoms with Crippen molar-refractivity contribution < 1.29 is 13.9 Å². The van der Waals surface area contributed by atoms with Gasteiger partial charge in [0.1, 0.15) is 17.2 Å². The van der Waals surface area contributed by atoms with Crippen molar-refractivity contribution in [1.82, 2.24) is 19.1 Å². The van der Waals surface area contributed by atoms with E-state index in [1.165, 1.54) is 12.1 Å². The third-order valence-electron chi connectivity index (χ3n) is 5.85. The molecule has 3 heterocycles. The van der Waals surface area contributed by atoms with E-state index in [9.17, 15) is 9.18 Å². The Balaban J connectivity index is 1.84. The van der Waals surface area contributed by atoms with Crippen LogP contribution < -0.4 is 10.3 Å². The van der Waals surface area contributed by atoms with E-state index in [1.807, 2.05) is 25.5 Å². The van der Waals surface area contributed by atoms with E-state index < -0.39 is 5.60 Å². The van der Waals surface area contributed by atoms with Crippen LogP contribution in [0.15, 0.2) is 29.1 Å². The Bertz CT molecular complexity index is 1220. The molecule has 0 N–H and O–H groups in total. The molecule has 3 aromatic rings. The number of nitrogens with zero attached hydrogens (tertiary/aromatic N) is 4. The molecule has 0 fully saturated rings. The van der Waals surface area contributed by atoms with Crippen LogP contribution in [-0.4, -0.2) is 32.3 Å². The normalized spacial score (nSPS) is 14.8. The lowest BCUT2D eigenvalue weighted by molar-refractivity contribution is -0.0565. The van der Waals surface area contributed by atoms with Crippen LogP contribution in [0.4, 0.5) is 4.39 Å². The Hall–Kier alpha value is -2.71. The van der Waals surface area contributed by atoms with Gasteiger partial charge in [-0.1, -0.05) is 37.1 Å². The summed E-state index contributed by atoms with van der Waals surface area (Å²) in [5.74, 6) is 0.831. The van der Waals surface area contributed by atoms with Crippen LogP contribution in [0.1, 0.15) is 50.7 Å². The zero-order valence-corrected chi connectivity index (χ0v) is 20.1. The number of unbranched alkanes of at least 4 members (excludes halogenated alkanes) is 1. The molecule has 1 aliphatic rings. The number of benzene rings is 1. The van der Waals surface area contributed by atoms with E-state index in [2.05, 4.69) is 11.9 Å². The van der Waals surface area contributed by atoms with Gasteiger partial charge in [-0.25, -0.2) is 14.4 Å². The average molecular weight is 475 g/mol. The van der Waals surface area contributed by atoms with Crippen LogP contribution in [0.25, 0.3) is 11.5 Å². The standard InChI is InChI=1S/C24H28ClFN4O3/c1-5-6-12-32-19-18(27-23-24(2,3)33-13-11-30(23)22(19)31)21-28-20(25)17(29(21)4)14-15-7-9-16(26)10-8-15/h7-10H,5-6,11-14H2,1-4H3. The molecule has 1 aromatic carbocycles. The Morgan fingerprint density at radius 2 is 1.97 bits per heavy atom. The SMILES string of the molecule is CCCCOc1c(-c2nc(Cl)c(Cc3ccc(F)cc3)n2C)nc2n(c1=O)CCOC2(C)C. The molecular weight excluding hydrogens is 447 g/mol. The summed E-state index contributed by atoms with van der Waals surface area (Å²) in [5.41, 5.74) is 0.977. The molecule has 7 nitrogen and oxygen atoms in total. The zero-order chi connectivity index (χ0) is 23.8. The molecule has 0 aliphatic carbocycles. The first-order valence-electron chi connectivity index (χ1n) is 11.1. The van der Waals surface area contributed by atoms with Crippen molar-refractivity contribution in [2.45, 2.75) is 52.2 Å². The molecule has 4 rings (SSSR count). The highest BCUT2D eigenvalue weighted by atomic mass is 35.5. The van der Waals surface area contributed by atoms with Crippen LogP contribution in [0.3, 0.4) is 0 Å². The van der Waals surface area contributed by atoms with Gasteiger partial charge in [-0.05, 0) is 38.0 Å². The number of ether oxygens (including phenoxy) is 2. The summed E-state index contributed by atoms with van der Waals surface area (Å²) in [7, 11) is 1.82. The third kappa shape index (κ3) is 4.54. The fourth-order valence-electron chi connectivity index (χ4n) is 3.96. The maximum atomic E-state index is 13.5. The van der Waals surface area contributed by atoms with Crippen molar-refractivity contribution in [3.8, 4) is 17.3 Å². The highest BCUT2D eigenvalue weighted by molar-refractivity contribution is 6.30. The van der Waals surface area contributed by atoms with E-state index in [0.29, 0.717) is 48.7 Å². The Morgan fingerprint density at radius 1 is 1.24 bits per heavy atom. The lowest BCUT2D eigenvalue weighted by atomic mass is 10.1. The molecule has 0 saturated carbocycles. The molecule has 0 bridgehead atoms. The predicted molar refractivity (Wildman–Crippen MR) is 124 cm³/mol.